The van der Waals surface area contributed by atoms with Gasteiger partial charge >= 0.3 is 6.09 Å². The van der Waals surface area contributed by atoms with Crippen LogP contribution in [0.1, 0.15) is 0 Å². The molecule has 0 bridgehead atoms. The van der Waals surface area contributed by atoms with Crippen LogP contribution in [-0.4, -0.2) is 17.7 Å². The van der Waals surface area contributed by atoms with Gasteiger partial charge in [0, 0.05) is 11.6 Å². The molecule has 64 valence electrons. The molecular weight excluding hydrogens is 176 g/mol. The zero-order chi connectivity index (χ0) is 8.81. The van der Waals surface area contributed by atoms with Crippen molar-refractivity contribution in [1.29, 1.82) is 0 Å². The number of nitrogens with one attached hydrogen (secondary N) is 1. The molecule has 1 N–H and O–H groups in total. The molecule has 0 saturated carbocycles. The van der Waals surface area contributed by atoms with Gasteiger partial charge < -0.3 is 4.74 Å². The summed E-state index contributed by atoms with van der Waals surface area (Å²) in [5, 5.41) is 4.75. The number of carbonyl (C=O) groups is 1. The summed E-state index contributed by atoms with van der Waals surface area (Å²) in [4.78, 5) is 14.7. The number of anilines is 1. The maximum Gasteiger partial charge on any atom is 0.413 e. The number of nitrogens with zero attached hydrogens (tertiary/aromatic N) is 1. The van der Waals surface area contributed by atoms with Gasteiger partial charge in [-0.25, -0.2) is 9.78 Å². The molecule has 1 aromatic rings. The fourth-order valence-electron chi connectivity index (χ4n) is 0.543. The minimum absolute atomic E-state index is 0.206. The van der Waals surface area contributed by atoms with Crippen molar-refractivity contribution >= 4 is 22.6 Å². The third kappa shape index (κ3) is 2.71. The van der Waals surface area contributed by atoms with E-state index < -0.39 is 6.09 Å². The molecule has 0 aliphatic carbocycles. The Bertz CT molecular complexity index is 258. The Morgan fingerprint density at radius 1 is 1.92 bits per heavy atom. The highest BCUT2D eigenvalue weighted by Gasteiger charge is 2.02. The summed E-state index contributed by atoms with van der Waals surface area (Å²) in [5.41, 5.74) is 0. The molecule has 0 aliphatic heterocycles. The maximum absolute atomic E-state index is 10.9. The molecule has 0 aliphatic rings. The molecular formula is C7H8N2O2S. The van der Waals surface area contributed by atoms with Gasteiger partial charge in [-0.2, -0.15) is 0 Å². The zero-order valence-electron chi connectivity index (χ0n) is 6.32. The van der Waals surface area contributed by atoms with Crippen molar-refractivity contribution in [2.24, 2.45) is 0 Å². The van der Waals surface area contributed by atoms with Crippen LogP contribution in [0.25, 0.3) is 0 Å². The lowest BCUT2D eigenvalue weighted by atomic mass is 10.7. The SMILES string of the molecule is C=CCOC(=O)Nc1nccs1. The normalized spacial score (nSPS) is 9.00. The summed E-state index contributed by atoms with van der Waals surface area (Å²) in [5.74, 6) is 0. The van der Waals surface area contributed by atoms with Crippen LogP contribution in [0.3, 0.4) is 0 Å². The largest absolute Gasteiger partial charge is 0.445 e. The van der Waals surface area contributed by atoms with E-state index in [9.17, 15) is 4.79 Å². The molecule has 1 amide bonds. The number of hydrogen-bond acceptors (Lipinski definition) is 4. The molecule has 0 fully saturated rings. The Labute approximate surface area is 73.9 Å². The Balaban J connectivity index is 2.32. The monoisotopic (exact) mass is 184 g/mol. The third-order valence-electron chi connectivity index (χ3n) is 0.974. The Kier molecular flexibility index (Phi) is 3.28. The van der Waals surface area contributed by atoms with E-state index in [0.717, 1.165) is 0 Å². The topological polar surface area (TPSA) is 51.2 Å². The lowest BCUT2D eigenvalue weighted by Gasteiger charge is -2.00. The summed E-state index contributed by atoms with van der Waals surface area (Å²) in [6.07, 6.45) is 2.60. The average molecular weight is 184 g/mol. The number of aromatic nitrogens is 1. The summed E-state index contributed by atoms with van der Waals surface area (Å²) in [7, 11) is 0. The van der Waals surface area contributed by atoms with E-state index in [2.05, 4.69) is 21.6 Å². The standard InChI is InChI=1S/C7H8N2O2S/c1-2-4-11-7(10)9-6-8-3-5-12-6/h2-3,5H,1,4H2,(H,8,9,10). The summed E-state index contributed by atoms with van der Waals surface area (Å²) < 4.78 is 4.66. The first-order chi connectivity index (χ1) is 5.83. The molecule has 12 heavy (non-hydrogen) atoms. The minimum Gasteiger partial charge on any atom is -0.445 e. The highest BCUT2D eigenvalue weighted by molar-refractivity contribution is 7.13. The van der Waals surface area contributed by atoms with E-state index in [1.165, 1.54) is 17.4 Å². The van der Waals surface area contributed by atoms with Crippen LogP contribution < -0.4 is 5.32 Å². The van der Waals surface area contributed by atoms with Gasteiger partial charge in [0.25, 0.3) is 0 Å². The van der Waals surface area contributed by atoms with Crippen molar-refractivity contribution in [2.45, 2.75) is 0 Å². The number of amides is 1. The van der Waals surface area contributed by atoms with Gasteiger partial charge in [0.15, 0.2) is 5.13 Å². The minimum atomic E-state index is -0.509. The van der Waals surface area contributed by atoms with Crippen LogP contribution >= 0.6 is 11.3 Å². The van der Waals surface area contributed by atoms with E-state index in [-0.39, 0.29) is 6.61 Å². The zero-order valence-corrected chi connectivity index (χ0v) is 7.13. The van der Waals surface area contributed by atoms with Crippen molar-refractivity contribution in [3.8, 4) is 0 Å². The van der Waals surface area contributed by atoms with E-state index in [4.69, 9.17) is 0 Å². The predicted octanol–water partition coefficient (Wildman–Crippen LogP) is 1.88. The van der Waals surface area contributed by atoms with Crippen LogP contribution in [-0.2, 0) is 4.74 Å². The summed E-state index contributed by atoms with van der Waals surface area (Å²) in [6.45, 7) is 3.62. The molecule has 1 aromatic heterocycles. The van der Waals surface area contributed by atoms with Crippen LogP contribution in [0.2, 0.25) is 0 Å². The molecule has 0 spiro atoms. The number of ether oxygens (including phenoxy) is 1. The molecule has 4 nitrogen and oxygen atoms in total. The first-order valence-electron chi connectivity index (χ1n) is 3.27. The molecule has 0 unspecified atom stereocenters. The van der Waals surface area contributed by atoms with Gasteiger partial charge in [-0.05, 0) is 0 Å². The van der Waals surface area contributed by atoms with Gasteiger partial charge in [0.1, 0.15) is 6.61 Å². The predicted molar refractivity (Wildman–Crippen MR) is 47.3 cm³/mol. The van der Waals surface area contributed by atoms with E-state index in [1.807, 2.05) is 0 Å². The molecule has 0 aromatic carbocycles. The maximum atomic E-state index is 10.9. The number of carbonyl (C=O) groups excluding carboxylic acids is 1. The summed E-state index contributed by atoms with van der Waals surface area (Å²) in [6, 6.07) is 0. The van der Waals surface area contributed by atoms with Crippen molar-refractivity contribution in [3.05, 3.63) is 24.2 Å². The number of hydrogen-bond donors (Lipinski definition) is 1. The van der Waals surface area contributed by atoms with Crippen LogP contribution in [0.5, 0.6) is 0 Å². The first kappa shape index (κ1) is 8.73. The molecule has 0 radical (unpaired) electrons. The van der Waals surface area contributed by atoms with E-state index in [0.29, 0.717) is 5.13 Å². The van der Waals surface area contributed by atoms with Crippen molar-refractivity contribution < 1.29 is 9.53 Å². The van der Waals surface area contributed by atoms with Crippen LogP contribution in [0.4, 0.5) is 9.93 Å². The van der Waals surface area contributed by atoms with Crippen molar-refractivity contribution in [1.82, 2.24) is 4.98 Å². The smallest absolute Gasteiger partial charge is 0.413 e. The molecule has 1 heterocycles. The third-order valence-corrected chi connectivity index (χ3v) is 1.66. The second-order valence-corrected chi connectivity index (χ2v) is 2.74. The first-order valence-corrected chi connectivity index (χ1v) is 4.15. The Morgan fingerprint density at radius 3 is 3.33 bits per heavy atom. The van der Waals surface area contributed by atoms with Gasteiger partial charge in [-0.15, -0.1) is 11.3 Å². The van der Waals surface area contributed by atoms with Crippen molar-refractivity contribution in [3.63, 3.8) is 0 Å². The molecule has 5 heteroatoms. The lowest BCUT2D eigenvalue weighted by molar-refractivity contribution is 0.174. The Morgan fingerprint density at radius 2 is 2.75 bits per heavy atom. The lowest BCUT2D eigenvalue weighted by Crippen LogP contribution is -2.13. The quantitative estimate of drug-likeness (QED) is 0.729. The second kappa shape index (κ2) is 4.50. The second-order valence-electron chi connectivity index (χ2n) is 1.85. The number of thiazole rings is 1. The Hall–Kier alpha value is -1.36. The summed E-state index contributed by atoms with van der Waals surface area (Å²) >= 11 is 1.34. The fraction of sp³-hybridized carbons (Fsp3) is 0.143. The van der Waals surface area contributed by atoms with Gasteiger partial charge in [-0.1, -0.05) is 12.7 Å². The van der Waals surface area contributed by atoms with Crippen molar-refractivity contribution in [2.75, 3.05) is 11.9 Å². The highest BCUT2D eigenvalue weighted by atomic mass is 32.1. The molecule has 0 saturated heterocycles. The number of rotatable bonds is 3. The van der Waals surface area contributed by atoms with E-state index in [1.54, 1.807) is 11.6 Å². The van der Waals surface area contributed by atoms with E-state index >= 15 is 0 Å². The van der Waals surface area contributed by atoms with Crippen LogP contribution in [0.15, 0.2) is 24.2 Å². The van der Waals surface area contributed by atoms with Gasteiger partial charge in [0.2, 0.25) is 0 Å². The fourth-order valence-corrected chi connectivity index (χ4v) is 1.06. The highest BCUT2D eigenvalue weighted by Crippen LogP contribution is 2.09. The average Bonchev–Trinajstić information content (AvgIpc) is 2.53. The molecule has 0 atom stereocenters. The molecule has 1 rings (SSSR count). The van der Waals surface area contributed by atoms with Gasteiger partial charge in [-0.3, -0.25) is 5.32 Å². The van der Waals surface area contributed by atoms with Crippen LogP contribution in [0, 0.1) is 0 Å². The van der Waals surface area contributed by atoms with Gasteiger partial charge in [0.05, 0.1) is 0 Å².